The van der Waals surface area contributed by atoms with Crippen LogP contribution in [-0.4, -0.2) is 30.5 Å². The van der Waals surface area contributed by atoms with Crippen LogP contribution in [0.1, 0.15) is 79.3 Å². The van der Waals surface area contributed by atoms with Crippen LogP contribution in [0.3, 0.4) is 0 Å². The third-order valence-electron chi connectivity index (χ3n) is 9.19. The summed E-state index contributed by atoms with van der Waals surface area (Å²) in [6.07, 6.45) is 8.31. The van der Waals surface area contributed by atoms with Crippen LogP contribution in [0.4, 0.5) is 0 Å². The van der Waals surface area contributed by atoms with E-state index in [1.54, 1.807) is 18.2 Å². The smallest absolute Gasteiger partial charge is 0.261 e. The molecule has 0 spiro atoms. The van der Waals surface area contributed by atoms with Gasteiger partial charge in [-0.3, -0.25) is 9.69 Å². The molecule has 2 atom stereocenters. The first kappa shape index (κ1) is 24.4. The molecule has 3 aromatic carbocycles. The normalized spacial score (nSPS) is 25.1. The molecule has 1 saturated carbocycles. The third-order valence-corrected chi connectivity index (χ3v) is 9.19. The molecule has 1 aliphatic carbocycles. The van der Waals surface area contributed by atoms with E-state index in [9.17, 15) is 4.79 Å². The highest BCUT2D eigenvalue weighted by Crippen LogP contribution is 2.53. The second kappa shape index (κ2) is 10.4. The van der Waals surface area contributed by atoms with Crippen LogP contribution < -0.4 is 5.32 Å². The summed E-state index contributed by atoms with van der Waals surface area (Å²) in [5.41, 5.74) is 3.71. The van der Waals surface area contributed by atoms with Crippen LogP contribution in [-0.2, 0) is 15.1 Å². The van der Waals surface area contributed by atoms with Gasteiger partial charge in [0.1, 0.15) is 0 Å². The number of fused-ring (bicyclic) bond motifs is 5. The molecule has 2 heterocycles. The Morgan fingerprint density at radius 2 is 1.30 bits per heavy atom. The van der Waals surface area contributed by atoms with Gasteiger partial charge in [-0.1, -0.05) is 84.9 Å². The molecule has 3 aromatic rings. The minimum absolute atomic E-state index is 0.0674. The molecule has 1 N–H and O–H groups in total. The van der Waals surface area contributed by atoms with Gasteiger partial charge in [0.25, 0.3) is 5.91 Å². The number of carbonyl (C=O) groups is 1. The molecule has 6 rings (SSSR count). The Hall–Kier alpha value is -2.95. The first-order valence-electron chi connectivity index (χ1n) is 14.0. The maximum Gasteiger partial charge on any atom is 0.261 e. The lowest BCUT2D eigenvalue weighted by atomic mass is 9.82. The summed E-state index contributed by atoms with van der Waals surface area (Å²) in [4.78, 5) is 16.7. The van der Waals surface area contributed by atoms with Gasteiger partial charge in [0.15, 0.2) is 5.60 Å². The molecule has 2 aliphatic heterocycles. The quantitative estimate of drug-likeness (QED) is 0.387. The van der Waals surface area contributed by atoms with Crippen LogP contribution in [0.25, 0.3) is 0 Å². The lowest BCUT2D eigenvalue weighted by Crippen LogP contribution is -2.51. The molecule has 4 nitrogen and oxygen atoms in total. The molecule has 0 radical (unpaired) electrons. The third kappa shape index (κ3) is 4.41. The van der Waals surface area contributed by atoms with Gasteiger partial charge in [0.2, 0.25) is 0 Å². The molecule has 192 valence electrons. The number of hydrogen-bond donors (Lipinski definition) is 1. The van der Waals surface area contributed by atoms with Crippen molar-refractivity contribution in [1.29, 1.82) is 0 Å². The molecule has 37 heavy (non-hydrogen) atoms. The van der Waals surface area contributed by atoms with Crippen molar-refractivity contribution >= 4 is 5.91 Å². The number of hydrogen-bond acceptors (Lipinski definition) is 3. The zero-order chi connectivity index (χ0) is 25.2. The average Bonchev–Trinajstić information content (AvgIpc) is 3.51. The highest BCUT2D eigenvalue weighted by atomic mass is 16.5. The molecule has 2 unspecified atom stereocenters. The van der Waals surface area contributed by atoms with Gasteiger partial charge in [0.05, 0.1) is 0 Å². The number of benzene rings is 3. The van der Waals surface area contributed by atoms with Gasteiger partial charge in [0, 0.05) is 25.2 Å². The molecule has 2 bridgehead atoms. The summed E-state index contributed by atoms with van der Waals surface area (Å²) in [5, 5.41) is 3.39. The van der Waals surface area contributed by atoms with E-state index in [0.717, 1.165) is 29.9 Å². The van der Waals surface area contributed by atoms with Crippen molar-refractivity contribution in [2.75, 3.05) is 13.7 Å². The largest absolute Gasteiger partial charge is 0.359 e. The van der Waals surface area contributed by atoms with Gasteiger partial charge in [-0.25, -0.2) is 0 Å². The molecular formula is C33H38N2O2. The Bertz CT molecular complexity index is 1130. The van der Waals surface area contributed by atoms with E-state index in [4.69, 9.17) is 4.74 Å². The molecule has 4 heteroatoms. The minimum Gasteiger partial charge on any atom is -0.359 e. The maximum atomic E-state index is 13.9. The monoisotopic (exact) mass is 494 g/mol. The minimum atomic E-state index is -1.15. The predicted octanol–water partition coefficient (Wildman–Crippen LogP) is 6.53. The summed E-state index contributed by atoms with van der Waals surface area (Å²) in [6, 6.07) is 30.3. The van der Waals surface area contributed by atoms with Crippen molar-refractivity contribution in [2.45, 2.75) is 68.7 Å². The number of methoxy groups -OCH3 is 1. The summed E-state index contributed by atoms with van der Waals surface area (Å²) >= 11 is 0. The van der Waals surface area contributed by atoms with E-state index in [2.05, 4.69) is 34.5 Å². The predicted molar refractivity (Wildman–Crippen MR) is 147 cm³/mol. The lowest BCUT2D eigenvalue weighted by Gasteiger charge is -2.36. The highest BCUT2D eigenvalue weighted by Gasteiger charge is 2.44. The van der Waals surface area contributed by atoms with E-state index in [0.29, 0.717) is 12.1 Å². The molecule has 1 saturated heterocycles. The Labute approximate surface area is 221 Å². The number of rotatable bonds is 8. The van der Waals surface area contributed by atoms with E-state index < -0.39 is 5.60 Å². The lowest BCUT2D eigenvalue weighted by molar-refractivity contribution is -0.141. The van der Waals surface area contributed by atoms with Gasteiger partial charge in [-0.15, -0.1) is 0 Å². The summed E-state index contributed by atoms with van der Waals surface area (Å²) in [5.74, 6) is 0.675. The van der Waals surface area contributed by atoms with Crippen LogP contribution >= 0.6 is 0 Å². The fourth-order valence-electron chi connectivity index (χ4n) is 7.28. The average molecular weight is 495 g/mol. The first-order valence-corrected chi connectivity index (χ1v) is 14.0. The molecule has 2 fully saturated rings. The number of amides is 1. The van der Waals surface area contributed by atoms with Crippen LogP contribution in [0.15, 0.2) is 84.9 Å². The summed E-state index contributed by atoms with van der Waals surface area (Å²) in [6.45, 7) is 1.19. The van der Waals surface area contributed by atoms with Gasteiger partial charge in [-0.05, 0) is 79.7 Å². The van der Waals surface area contributed by atoms with Crippen molar-refractivity contribution in [3.8, 4) is 0 Å². The molecular weight excluding hydrogens is 456 g/mol. The number of ether oxygens (including phenoxy) is 1. The van der Waals surface area contributed by atoms with Gasteiger partial charge >= 0.3 is 0 Å². The SMILES string of the molecule is COC(C(=O)NC1CCC(CCN2C3CCC2c2ccccc23)CC1)(c1ccccc1)c1ccccc1. The Balaban J connectivity index is 1.07. The summed E-state index contributed by atoms with van der Waals surface area (Å²) in [7, 11) is 1.64. The fraction of sp³-hybridized carbons (Fsp3) is 0.424. The van der Waals surface area contributed by atoms with E-state index in [1.165, 1.54) is 38.6 Å². The fourth-order valence-corrected chi connectivity index (χ4v) is 7.28. The molecule has 3 aliphatic rings. The number of carbonyl (C=O) groups excluding carboxylic acids is 1. The maximum absolute atomic E-state index is 13.9. The first-order chi connectivity index (χ1) is 18.2. The topological polar surface area (TPSA) is 41.6 Å². The Morgan fingerprint density at radius 1 is 0.784 bits per heavy atom. The van der Waals surface area contributed by atoms with Crippen molar-refractivity contribution in [2.24, 2.45) is 5.92 Å². The second-order valence-electron chi connectivity index (χ2n) is 11.1. The number of nitrogens with zero attached hydrogens (tertiary/aromatic N) is 1. The Morgan fingerprint density at radius 3 is 1.81 bits per heavy atom. The zero-order valence-corrected chi connectivity index (χ0v) is 21.8. The highest BCUT2D eigenvalue weighted by molar-refractivity contribution is 5.90. The van der Waals surface area contributed by atoms with Crippen molar-refractivity contribution in [3.05, 3.63) is 107 Å². The molecule has 0 aromatic heterocycles. The van der Waals surface area contributed by atoms with E-state index in [-0.39, 0.29) is 11.9 Å². The van der Waals surface area contributed by atoms with Crippen LogP contribution in [0.5, 0.6) is 0 Å². The van der Waals surface area contributed by atoms with E-state index >= 15 is 0 Å². The molecule has 1 amide bonds. The number of nitrogens with one attached hydrogen (secondary N) is 1. The zero-order valence-electron chi connectivity index (χ0n) is 21.8. The van der Waals surface area contributed by atoms with Crippen molar-refractivity contribution in [1.82, 2.24) is 10.2 Å². The van der Waals surface area contributed by atoms with E-state index in [1.807, 2.05) is 60.7 Å². The second-order valence-corrected chi connectivity index (χ2v) is 11.1. The summed E-state index contributed by atoms with van der Waals surface area (Å²) < 4.78 is 6.07. The van der Waals surface area contributed by atoms with Crippen molar-refractivity contribution < 1.29 is 9.53 Å². The Kier molecular flexibility index (Phi) is 6.88. The van der Waals surface area contributed by atoms with Gasteiger partial charge in [-0.2, -0.15) is 0 Å². The van der Waals surface area contributed by atoms with Crippen molar-refractivity contribution in [3.63, 3.8) is 0 Å². The van der Waals surface area contributed by atoms with Crippen LogP contribution in [0.2, 0.25) is 0 Å². The van der Waals surface area contributed by atoms with Crippen LogP contribution in [0, 0.1) is 5.92 Å². The standard InChI is InChI=1S/C33H38N2O2/c1-37-33(25-10-4-2-5-11-25,26-12-6-3-7-13-26)32(36)34-27-18-16-24(17-19-27)22-23-35-30-20-21-31(35)29-15-9-8-14-28(29)30/h2-15,24,27,30-31H,16-23H2,1H3,(H,34,36). The van der Waals surface area contributed by atoms with Gasteiger partial charge < -0.3 is 10.1 Å².